The second-order valence-corrected chi connectivity index (χ2v) is 6.12. The van der Waals surface area contributed by atoms with Crippen molar-refractivity contribution in [2.75, 3.05) is 13.7 Å². The zero-order valence-corrected chi connectivity index (χ0v) is 10.3. The van der Waals surface area contributed by atoms with Gasteiger partial charge in [-0.3, -0.25) is 0 Å². The van der Waals surface area contributed by atoms with Crippen LogP contribution in [0.15, 0.2) is 12.7 Å². The first-order valence-electron chi connectivity index (χ1n) is 4.71. The van der Waals surface area contributed by atoms with Gasteiger partial charge in [0.1, 0.15) is 4.75 Å². The lowest BCUT2D eigenvalue weighted by Crippen LogP contribution is -2.44. The molecule has 0 aromatic rings. The minimum absolute atomic E-state index is 0.0509. The summed E-state index contributed by atoms with van der Waals surface area (Å²) in [5, 5.41) is 0. The van der Waals surface area contributed by atoms with Gasteiger partial charge < -0.3 is 9.29 Å². The van der Waals surface area contributed by atoms with Crippen molar-refractivity contribution in [3.8, 4) is 0 Å². The van der Waals surface area contributed by atoms with Crippen molar-refractivity contribution in [2.24, 2.45) is 0 Å². The van der Waals surface area contributed by atoms with Crippen LogP contribution in [0, 0.1) is 0 Å². The van der Waals surface area contributed by atoms with Crippen molar-refractivity contribution >= 4 is 11.4 Å². The minimum atomic E-state index is -1.05. The number of hydrogen-bond donors (Lipinski definition) is 1. The second-order valence-electron chi connectivity index (χ2n) is 4.12. The number of hydrogen-bond acceptors (Lipinski definition) is 3. The average Bonchev–Trinajstić information content (AvgIpc) is 2.10. The lowest BCUT2D eigenvalue weighted by atomic mass is 10.2. The third-order valence-corrected chi connectivity index (χ3v) is 3.36. The van der Waals surface area contributed by atoms with Gasteiger partial charge in [-0.05, 0) is 27.2 Å². The number of methoxy groups -OCH3 is 1. The Hall–Kier alpha value is -0.0300. The van der Waals surface area contributed by atoms with Crippen molar-refractivity contribution in [3.63, 3.8) is 0 Å². The molecule has 0 rings (SSSR count). The Bertz CT molecular complexity index is 168. The van der Waals surface area contributed by atoms with Gasteiger partial charge in [0.25, 0.3) is 0 Å². The first kappa shape index (κ1) is 14.0. The molecule has 84 valence electrons. The Labute approximate surface area is 90.2 Å². The lowest BCUT2D eigenvalue weighted by Gasteiger charge is -2.26. The van der Waals surface area contributed by atoms with Gasteiger partial charge in [0, 0.05) is 25.1 Å². The molecule has 0 saturated carbocycles. The van der Waals surface area contributed by atoms with E-state index in [1.165, 1.54) is 0 Å². The number of rotatable bonds is 6. The van der Waals surface area contributed by atoms with Crippen LogP contribution in [0.1, 0.15) is 27.2 Å². The summed E-state index contributed by atoms with van der Waals surface area (Å²) in [4.78, 5) is 0. The molecule has 14 heavy (non-hydrogen) atoms. The summed E-state index contributed by atoms with van der Waals surface area (Å²) < 4.78 is 19.4. The van der Waals surface area contributed by atoms with Gasteiger partial charge in [0.15, 0.2) is 0 Å². The largest absolute Gasteiger partial charge is 0.598 e. The molecule has 0 saturated heterocycles. The van der Waals surface area contributed by atoms with Gasteiger partial charge in [-0.2, -0.15) is 0 Å². The molecule has 0 aromatic heterocycles. The van der Waals surface area contributed by atoms with E-state index in [1.807, 2.05) is 20.8 Å². The smallest absolute Gasteiger partial charge is 0.136 e. The van der Waals surface area contributed by atoms with Gasteiger partial charge in [-0.1, -0.05) is 6.08 Å². The molecule has 0 bridgehead atoms. The Balaban J connectivity index is 3.98. The second kappa shape index (κ2) is 6.45. The zero-order valence-electron chi connectivity index (χ0n) is 9.50. The molecular weight excluding hydrogens is 198 g/mol. The minimum Gasteiger partial charge on any atom is -0.598 e. The first-order valence-corrected chi connectivity index (χ1v) is 5.86. The SMILES string of the molecule is C=C[C@H](CCOC)N[S+]([O-])C(C)(C)C. The van der Waals surface area contributed by atoms with E-state index in [4.69, 9.17) is 4.74 Å². The summed E-state index contributed by atoms with van der Waals surface area (Å²) in [7, 11) is 1.65. The van der Waals surface area contributed by atoms with E-state index in [0.29, 0.717) is 6.61 Å². The molecule has 0 spiro atoms. The van der Waals surface area contributed by atoms with E-state index < -0.39 is 11.4 Å². The van der Waals surface area contributed by atoms with E-state index in [1.54, 1.807) is 13.2 Å². The molecule has 0 heterocycles. The summed E-state index contributed by atoms with van der Waals surface area (Å²) in [5.74, 6) is 0. The molecule has 0 aromatic carbocycles. The molecule has 0 aliphatic rings. The van der Waals surface area contributed by atoms with Crippen LogP contribution in [-0.2, 0) is 16.1 Å². The normalized spacial score (nSPS) is 16.4. The van der Waals surface area contributed by atoms with Gasteiger partial charge >= 0.3 is 0 Å². The van der Waals surface area contributed by atoms with E-state index in [9.17, 15) is 4.55 Å². The Kier molecular flexibility index (Phi) is 6.44. The predicted molar refractivity (Wildman–Crippen MR) is 61.5 cm³/mol. The third-order valence-electron chi connectivity index (χ3n) is 1.73. The fourth-order valence-corrected chi connectivity index (χ4v) is 1.63. The highest BCUT2D eigenvalue weighted by atomic mass is 32.2. The van der Waals surface area contributed by atoms with Gasteiger partial charge in [-0.25, -0.2) is 0 Å². The molecule has 0 aliphatic carbocycles. The lowest BCUT2D eigenvalue weighted by molar-refractivity contribution is 0.190. The molecule has 0 radical (unpaired) electrons. The molecule has 0 amide bonds. The maximum Gasteiger partial charge on any atom is 0.136 e. The van der Waals surface area contributed by atoms with Crippen LogP contribution < -0.4 is 4.72 Å². The van der Waals surface area contributed by atoms with Crippen molar-refractivity contribution in [3.05, 3.63) is 12.7 Å². The van der Waals surface area contributed by atoms with E-state index in [-0.39, 0.29) is 10.8 Å². The number of nitrogens with one attached hydrogen (secondary N) is 1. The van der Waals surface area contributed by atoms with Crippen LogP contribution in [0.5, 0.6) is 0 Å². The highest BCUT2D eigenvalue weighted by Gasteiger charge is 2.28. The van der Waals surface area contributed by atoms with Gasteiger partial charge in [0.05, 0.1) is 6.04 Å². The van der Waals surface area contributed by atoms with E-state index >= 15 is 0 Å². The van der Waals surface area contributed by atoms with Crippen LogP contribution in [0.4, 0.5) is 0 Å². The standard InChI is InChI=1S/C10H21NO2S/c1-6-9(7-8-13-5)11-14(12)10(2,3)4/h6,9,11H,1,7-8H2,2-5H3/t9-,14?/m1/s1. The quantitative estimate of drug-likeness (QED) is 0.545. The molecule has 4 heteroatoms. The van der Waals surface area contributed by atoms with Crippen LogP contribution in [-0.4, -0.2) is 29.1 Å². The topological polar surface area (TPSA) is 44.3 Å². The van der Waals surface area contributed by atoms with Crippen LogP contribution in [0.2, 0.25) is 0 Å². The summed E-state index contributed by atoms with van der Waals surface area (Å²) in [6, 6.07) is 0.0509. The monoisotopic (exact) mass is 219 g/mol. The summed E-state index contributed by atoms with van der Waals surface area (Å²) in [6.07, 6.45) is 2.56. The van der Waals surface area contributed by atoms with Crippen molar-refractivity contribution in [1.82, 2.24) is 4.72 Å². The van der Waals surface area contributed by atoms with Crippen LogP contribution in [0.25, 0.3) is 0 Å². The van der Waals surface area contributed by atoms with Crippen LogP contribution >= 0.6 is 0 Å². The van der Waals surface area contributed by atoms with Crippen molar-refractivity contribution in [1.29, 1.82) is 0 Å². The highest BCUT2D eigenvalue weighted by Crippen LogP contribution is 2.14. The third kappa shape index (κ3) is 5.65. The van der Waals surface area contributed by atoms with E-state index in [2.05, 4.69) is 11.3 Å². The predicted octanol–water partition coefficient (Wildman–Crippen LogP) is 1.63. The summed E-state index contributed by atoms with van der Waals surface area (Å²) >= 11 is -1.05. The van der Waals surface area contributed by atoms with E-state index in [0.717, 1.165) is 6.42 Å². The fourth-order valence-electron chi connectivity index (χ4n) is 0.784. The van der Waals surface area contributed by atoms with Crippen molar-refractivity contribution in [2.45, 2.75) is 38.0 Å². The van der Waals surface area contributed by atoms with Crippen LogP contribution in [0.3, 0.4) is 0 Å². The first-order chi connectivity index (χ1) is 6.41. The molecule has 1 N–H and O–H groups in total. The zero-order chi connectivity index (χ0) is 11.2. The Morgan fingerprint density at radius 1 is 1.57 bits per heavy atom. The van der Waals surface area contributed by atoms with Gasteiger partial charge in [-0.15, -0.1) is 11.3 Å². The Morgan fingerprint density at radius 2 is 2.14 bits per heavy atom. The fraction of sp³-hybridized carbons (Fsp3) is 0.800. The Morgan fingerprint density at radius 3 is 2.50 bits per heavy atom. The summed E-state index contributed by atoms with van der Waals surface area (Å²) in [6.45, 7) is 10.2. The highest BCUT2D eigenvalue weighted by molar-refractivity contribution is 7.90. The van der Waals surface area contributed by atoms with Crippen molar-refractivity contribution < 1.29 is 9.29 Å². The number of ether oxygens (including phenoxy) is 1. The molecule has 2 atom stereocenters. The average molecular weight is 219 g/mol. The molecule has 0 fully saturated rings. The van der Waals surface area contributed by atoms with Gasteiger partial charge in [0.2, 0.25) is 0 Å². The molecule has 3 nitrogen and oxygen atoms in total. The maximum atomic E-state index is 11.7. The maximum absolute atomic E-state index is 11.7. The molecule has 0 aliphatic heterocycles. The summed E-state index contributed by atoms with van der Waals surface area (Å²) in [5.41, 5.74) is 0. The molecular formula is C10H21NO2S. The molecule has 1 unspecified atom stereocenters.